The number of aliphatic imine (C=N–C) groups is 1. The smallest absolute Gasteiger partial charge is 0.336 e. The van der Waals surface area contributed by atoms with E-state index < -0.39 is 23.8 Å². The highest BCUT2D eigenvalue weighted by Crippen LogP contribution is 2.40. The topological polar surface area (TPSA) is 94.4 Å². The number of hydrogen-bond acceptors (Lipinski definition) is 6. The van der Waals surface area contributed by atoms with Crippen molar-refractivity contribution in [1.82, 2.24) is 0 Å². The first kappa shape index (κ1) is 25.1. The number of carbonyl (C=O) groups excluding carboxylic acids is 1. The summed E-state index contributed by atoms with van der Waals surface area (Å²) < 4.78 is 16.0. The van der Waals surface area contributed by atoms with E-state index >= 15 is 0 Å². The summed E-state index contributed by atoms with van der Waals surface area (Å²) in [5.74, 6) is -2.27. The number of methoxy groups -OCH3 is 2. The largest absolute Gasteiger partial charge is 0.493 e. The van der Waals surface area contributed by atoms with E-state index in [0.717, 1.165) is 5.56 Å². The monoisotopic (exact) mass is 483 g/mol. The highest BCUT2D eigenvalue weighted by molar-refractivity contribution is 6.30. The van der Waals surface area contributed by atoms with E-state index in [1.807, 2.05) is 6.07 Å². The molecule has 0 saturated heterocycles. The number of carboxylic acid groups (broad SMARTS) is 1. The van der Waals surface area contributed by atoms with Crippen LogP contribution >= 0.6 is 11.6 Å². The van der Waals surface area contributed by atoms with Gasteiger partial charge >= 0.3 is 11.9 Å². The van der Waals surface area contributed by atoms with Crippen molar-refractivity contribution in [2.45, 2.75) is 19.8 Å². The summed E-state index contributed by atoms with van der Waals surface area (Å²) in [5.41, 5.74) is 2.50. The second-order valence-corrected chi connectivity index (χ2v) is 8.15. The lowest BCUT2D eigenvalue weighted by molar-refractivity contribution is -0.140. The molecule has 34 heavy (non-hydrogen) atoms. The zero-order chi connectivity index (χ0) is 24.8. The lowest BCUT2D eigenvalue weighted by atomic mass is 9.75. The van der Waals surface area contributed by atoms with Crippen LogP contribution in [0, 0.1) is 5.92 Å². The average Bonchev–Trinajstić information content (AvgIpc) is 2.80. The molecule has 2 atom stereocenters. The Morgan fingerprint density at radius 1 is 1.09 bits per heavy atom. The molecule has 0 bridgehead atoms. The summed E-state index contributed by atoms with van der Waals surface area (Å²) in [4.78, 5) is 29.5. The molecule has 3 rings (SSSR count). The van der Waals surface area contributed by atoms with Gasteiger partial charge < -0.3 is 19.3 Å². The maximum absolute atomic E-state index is 13.1. The maximum atomic E-state index is 13.1. The Morgan fingerprint density at radius 2 is 1.82 bits per heavy atom. The zero-order valence-electron chi connectivity index (χ0n) is 19.4. The Bertz CT molecular complexity index is 1180. The molecule has 178 valence electrons. The number of carboxylic acids is 1. The van der Waals surface area contributed by atoms with Crippen LogP contribution in [0.5, 0.6) is 11.5 Å². The lowest BCUT2D eigenvalue weighted by Crippen LogP contribution is -2.35. The summed E-state index contributed by atoms with van der Waals surface area (Å²) in [6, 6.07) is 12.3. The number of rotatable bonds is 8. The molecule has 2 unspecified atom stereocenters. The van der Waals surface area contributed by atoms with Crippen LogP contribution in [0.15, 0.2) is 64.8 Å². The van der Waals surface area contributed by atoms with Crippen molar-refractivity contribution in [3.8, 4) is 11.5 Å². The molecule has 0 radical (unpaired) electrons. The highest BCUT2D eigenvalue weighted by atomic mass is 35.5. The summed E-state index contributed by atoms with van der Waals surface area (Å²) in [6.45, 7) is 3.32. The molecular weight excluding hydrogens is 458 g/mol. The third-order valence-corrected chi connectivity index (χ3v) is 5.79. The van der Waals surface area contributed by atoms with Gasteiger partial charge in [-0.15, -0.1) is 0 Å². The standard InChI is InChI=1S/C26H26ClNO6/c1-15-22(25(29)30)24(18-8-5-9-19(27)14-18)23(16(2)28-15)26(31)34-12-6-7-17-10-11-20(32-3)21(13-17)33-4/h5-11,13-14,22,24H,12H2,1-4H3,(H,29,30). The molecule has 0 aliphatic carbocycles. The van der Waals surface area contributed by atoms with Gasteiger partial charge in [0.2, 0.25) is 0 Å². The quantitative estimate of drug-likeness (QED) is 0.522. The van der Waals surface area contributed by atoms with Crippen LogP contribution in [-0.4, -0.2) is 43.6 Å². The predicted octanol–water partition coefficient (Wildman–Crippen LogP) is 5.15. The van der Waals surface area contributed by atoms with Gasteiger partial charge in [0, 0.05) is 22.3 Å². The van der Waals surface area contributed by atoms with Crippen molar-refractivity contribution in [1.29, 1.82) is 0 Å². The molecule has 0 fully saturated rings. The zero-order valence-corrected chi connectivity index (χ0v) is 20.1. The number of aliphatic carboxylic acids is 1. The van der Waals surface area contributed by atoms with Gasteiger partial charge in [0.25, 0.3) is 0 Å². The molecule has 7 nitrogen and oxygen atoms in total. The third-order valence-electron chi connectivity index (χ3n) is 5.55. The fourth-order valence-corrected chi connectivity index (χ4v) is 4.22. The molecule has 0 amide bonds. The van der Waals surface area contributed by atoms with Crippen LogP contribution in [0.1, 0.15) is 30.9 Å². The summed E-state index contributed by atoms with van der Waals surface area (Å²) in [6.07, 6.45) is 3.48. The number of esters is 1. The predicted molar refractivity (Wildman–Crippen MR) is 131 cm³/mol. The lowest BCUT2D eigenvalue weighted by Gasteiger charge is -2.30. The Hall–Kier alpha value is -3.58. The molecule has 1 N–H and O–H groups in total. The normalized spacial score (nSPS) is 18.0. The molecule has 1 aliphatic heterocycles. The van der Waals surface area contributed by atoms with Crippen molar-refractivity contribution in [2.24, 2.45) is 10.9 Å². The first-order valence-electron chi connectivity index (χ1n) is 10.6. The van der Waals surface area contributed by atoms with Gasteiger partial charge in [-0.05, 0) is 55.3 Å². The number of benzene rings is 2. The van der Waals surface area contributed by atoms with Gasteiger partial charge in [-0.3, -0.25) is 9.79 Å². The first-order chi connectivity index (χ1) is 16.3. The van der Waals surface area contributed by atoms with Gasteiger partial charge in [-0.25, -0.2) is 4.79 Å². The van der Waals surface area contributed by atoms with Gasteiger partial charge in [0.05, 0.1) is 19.8 Å². The number of nitrogens with zero attached hydrogens (tertiary/aromatic N) is 1. The summed E-state index contributed by atoms with van der Waals surface area (Å²) in [5, 5.41) is 10.3. The van der Waals surface area contributed by atoms with Crippen molar-refractivity contribution in [3.63, 3.8) is 0 Å². The Balaban J connectivity index is 1.83. The molecule has 1 aliphatic rings. The van der Waals surface area contributed by atoms with Gasteiger partial charge in [-0.2, -0.15) is 0 Å². The molecular formula is C26H26ClNO6. The van der Waals surface area contributed by atoms with Gasteiger partial charge in [0.15, 0.2) is 11.5 Å². The van der Waals surface area contributed by atoms with Gasteiger partial charge in [0.1, 0.15) is 12.5 Å². The van der Waals surface area contributed by atoms with E-state index in [1.165, 1.54) is 0 Å². The van der Waals surface area contributed by atoms with Crippen LogP contribution < -0.4 is 9.47 Å². The van der Waals surface area contributed by atoms with Crippen molar-refractivity contribution >= 4 is 35.3 Å². The van der Waals surface area contributed by atoms with Crippen molar-refractivity contribution in [2.75, 3.05) is 20.8 Å². The fourth-order valence-electron chi connectivity index (χ4n) is 4.02. The van der Waals surface area contributed by atoms with Crippen LogP contribution in [0.2, 0.25) is 5.02 Å². The summed E-state index contributed by atoms with van der Waals surface area (Å²) in [7, 11) is 3.12. The van der Waals surface area contributed by atoms with E-state index in [0.29, 0.717) is 33.5 Å². The number of allylic oxidation sites excluding steroid dienone is 1. The number of hydrogen-bond donors (Lipinski definition) is 1. The average molecular weight is 484 g/mol. The minimum absolute atomic E-state index is 0.00728. The van der Waals surface area contributed by atoms with E-state index in [9.17, 15) is 14.7 Å². The third kappa shape index (κ3) is 5.48. The van der Waals surface area contributed by atoms with E-state index in [4.69, 9.17) is 25.8 Å². The molecule has 1 heterocycles. The molecule has 2 aromatic carbocycles. The van der Waals surface area contributed by atoms with E-state index in [-0.39, 0.29) is 12.2 Å². The minimum atomic E-state index is -1.07. The molecule has 0 aromatic heterocycles. The maximum Gasteiger partial charge on any atom is 0.336 e. The SMILES string of the molecule is COc1ccc(C=CCOC(=O)C2=C(C)N=C(C)C(C(=O)O)C2c2cccc(Cl)c2)cc1OC. The molecule has 0 saturated carbocycles. The Labute approximate surface area is 203 Å². The van der Waals surface area contributed by atoms with E-state index in [2.05, 4.69) is 4.99 Å². The van der Waals surface area contributed by atoms with Gasteiger partial charge in [-0.1, -0.05) is 35.9 Å². The van der Waals surface area contributed by atoms with Crippen molar-refractivity contribution in [3.05, 3.63) is 76.0 Å². The number of halogens is 1. The second kappa shape index (κ2) is 11.0. The molecule has 8 heteroatoms. The summed E-state index contributed by atoms with van der Waals surface area (Å²) >= 11 is 6.16. The molecule has 0 spiro atoms. The Morgan fingerprint density at radius 3 is 2.47 bits per heavy atom. The van der Waals surface area contributed by atoms with E-state index in [1.54, 1.807) is 76.6 Å². The van der Waals surface area contributed by atoms with Crippen LogP contribution in [0.25, 0.3) is 6.08 Å². The second-order valence-electron chi connectivity index (χ2n) is 7.72. The first-order valence-corrected chi connectivity index (χ1v) is 10.9. The van der Waals surface area contributed by atoms with Crippen molar-refractivity contribution < 1.29 is 28.9 Å². The van der Waals surface area contributed by atoms with Crippen LogP contribution in [0.4, 0.5) is 0 Å². The Kier molecular flexibility index (Phi) is 8.12. The van der Waals surface area contributed by atoms with Crippen LogP contribution in [-0.2, 0) is 14.3 Å². The fraction of sp³-hybridized carbons (Fsp3) is 0.269. The number of ether oxygens (including phenoxy) is 3. The van der Waals surface area contributed by atoms with Crippen LogP contribution in [0.3, 0.4) is 0 Å². The minimum Gasteiger partial charge on any atom is -0.493 e. The highest BCUT2D eigenvalue weighted by Gasteiger charge is 2.41. The molecule has 2 aromatic rings. The number of carbonyl (C=O) groups is 2.